The maximum Gasteiger partial charge on any atom is 0.419 e. The number of nitrogens with two attached hydrogens (primary N) is 1. The molecule has 0 atom stereocenters. The molecule has 0 unspecified atom stereocenters. The number of nitrogens with zero attached hydrogens (tertiary/aromatic N) is 4. The minimum absolute atomic E-state index is 0.0896. The molecule has 0 fully saturated rings. The van der Waals surface area contributed by atoms with Crippen molar-refractivity contribution in [3.63, 3.8) is 0 Å². The maximum atomic E-state index is 13.8. The lowest BCUT2D eigenvalue weighted by Crippen LogP contribution is -2.09. The van der Waals surface area contributed by atoms with Gasteiger partial charge in [0.25, 0.3) is 0 Å². The minimum Gasteiger partial charge on any atom is -0.383 e. The van der Waals surface area contributed by atoms with Crippen LogP contribution in [-0.4, -0.2) is 19.5 Å². The van der Waals surface area contributed by atoms with Gasteiger partial charge in [-0.1, -0.05) is 12.1 Å². The van der Waals surface area contributed by atoms with E-state index in [1.54, 1.807) is 11.5 Å². The van der Waals surface area contributed by atoms with E-state index in [0.29, 0.717) is 11.9 Å². The predicted octanol–water partition coefficient (Wildman–Crippen LogP) is 4.61. The summed E-state index contributed by atoms with van der Waals surface area (Å²) in [4.78, 5) is 13.0. The smallest absolute Gasteiger partial charge is 0.383 e. The first-order valence-electron chi connectivity index (χ1n) is 8.45. The highest BCUT2D eigenvalue weighted by Gasteiger charge is 2.33. The first kappa shape index (κ1) is 18.7. The van der Waals surface area contributed by atoms with Gasteiger partial charge in [-0.05, 0) is 37.3 Å². The van der Waals surface area contributed by atoms with Crippen LogP contribution in [0, 0.1) is 12.7 Å². The van der Waals surface area contributed by atoms with Crippen LogP contribution in [0.15, 0.2) is 48.5 Å². The Kier molecular flexibility index (Phi) is 4.33. The van der Waals surface area contributed by atoms with Crippen molar-refractivity contribution < 1.29 is 17.6 Å². The number of anilines is 3. The van der Waals surface area contributed by atoms with Crippen molar-refractivity contribution in [3.8, 4) is 5.95 Å². The van der Waals surface area contributed by atoms with E-state index >= 15 is 0 Å². The van der Waals surface area contributed by atoms with E-state index in [2.05, 4.69) is 20.3 Å². The number of alkyl halides is 3. The highest BCUT2D eigenvalue weighted by Crippen LogP contribution is 2.33. The van der Waals surface area contributed by atoms with E-state index in [1.165, 1.54) is 6.07 Å². The van der Waals surface area contributed by atoms with Crippen molar-refractivity contribution in [2.24, 2.45) is 0 Å². The molecular formula is C19H14F4N6. The minimum atomic E-state index is -4.77. The summed E-state index contributed by atoms with van der Waals surface area (Å²) in [6, 6.07) is 11.3. The molecule has 10 heteroatoms. The summed E-state index contributed by atoms with van der Waals surface area (Å²) in [6.45, 7) is 1.78. The van der Waals surface area contributed by atoms with Gasteiger partial charge in [0.05, 0.1) is 16.6 Å². The van der Waals surface area contributed by atoms with Crippen LogP contribution < -0.4 is 11.1 Å². The number of aromatic nitrogens is 4. The molecular weight excluding hydrogens is 388 g/mol. The molecule has 0 bridgehead atoms. The second kappa shape index (κ2) is 6.73. The average molecular weight is 402 g/mol. The van der Waals surface area contributed by atoms with Crippen molar-refractivity contribution in [2.75, 3.05) is 11.1 Å². The van der Waals surface area contributed by atoms with Gasteiger partial charge in [-0.2, -0.15) is 23.1 Å². The molecule has 0 radical (unpaired) electrons. The summed E-state index contributed by atoms with van der Waals surface area (Å²) in [7, 11) is 0. The number of para-hydroxylation sites is 2. The summed E-state index contributed by atoms with van der Waals surface area (Å²) in [5.41, 5.74) is 6.14. The second-order valence-corrected chi connectivity index (χ2v) is 6.28. The molecule has 0 amide bonds. The number of benzene rings is 2. The quantitative estimate of drug-likeness (QED) is 0.489. The Bertz CT molecular complexity index is 1220. The van der Waals surface area contributed by atoms with Gasteiger partial charge in [-0.25, -0.2) is 9.37 Å². The zero-order valence-corrected chi connectivity index (χ0v) is 15.0. The Morgan fingerprint density at radius 2 is 1.76 bits per heavy atom. The number of hydrogen-bond acceptors (Lipinski definition) is 5. The number of aryl methyl sites for hydroxylation is 1. The monoisotopic (exact) mass is 402 g/mol. The van der Waals surface area contributed by atoms with Crippen LogP contribution in [0.5, 0.6) is 0 Å². The van der Waals surface area contributed by atoms with E-state index in [4.69, 9.17) is 5.73 Å². The molecule has 148 valence electrons. The number of halogens is 4. The fourth-order valence-electron chi connectivity index (χ4n) is 2.99. The molecule has 2 aromatic carbocycles. The first-order valence-corrected chi connectivity index (χ1v) is 8.45. The Hall–Kier alpha value is -3.69. The molecule has 4 rings (SSSR count). The zero-order chi connectivity index (χ0) is 20.8. The van der Waals surface area contributed by atoms with Gasteiger partial charge in [0.1, 0.15) is 23.3 Å². The van der Waals surface area contributed by atoms with E-state index in [0.717, 1.165) is 23.2 Å². The average Bonchev–Trinajstić information content (AvgIpc) is 2.95. The van der Waals surface area contributed by atoms with Crippen LogP contribution in [-0.2, 0) is 6.18 Å². The molecule has 4 aromatic rings. The number of rotatable bonds is 3. The molecule has 0 aliphatic rings. The topological polar surface area (TPSA) is 81.7 Å². The van der Waals surface area contributed by atoms with Crippen molar-refractivity contribution in [2.45, 2.75) is 13.1 Å². The van der Waals surface area contributed by atoms with Crippen molar-refractivity contribution in [1.29, 1.82) is 0 Å². The Morgan fingerprint density at radius 1 is 1.00 bits per heavy atom. The SMILES string of the molecule is Cc1nc2ccccc2n1-c1nc(N)cc(Nc2ccc(C(F)(F)F)c(F)c2)n1. The molecule has 0 aliphatic carbocycles. The zero-order valence-electron chi connectivity index (χ0n) is 15.0. The molecule has 2 heterocycles. The summed E-state index contributed by atoms with van der Waals surface area (Å²) in [6.07, 6.45) is -4.77. The highest BCUT2D eigenvalue weighted by molar-refractivity contribution is 5.77. The van der Waals surface area contributed by atoms with Gasteiger partial charge >= 0.3 is 6.18 Å². The van der Waals surface area contributed by atoms with Gasteiger partial charge in [0.2, 0.25) is 5.95 Å². The molecule has 29 heavy (non-hydrogen) atoms. The molecule has 0 saturated carbocycles. The van der Waals surface area contributed by atoms with Gasteiger partial charge < -0.3 is 11.1 Å². The van der Waals surface area contributed by atoms with Crippen molar-refractivity contribution >= 4 is 28.4 Å². The summed E-state index contributed by atoms with van der Waals surface area (Å²) >= 11 is 0. The Labute approximate surface area is 162 Å². The highest BCUT2D eigenvalue weighted by atomic mass is 19.4. The van der Waals surface area contributed by atoms with E-state index in [1.807, 2.05) is 24.3 Å². The predicted molar refractivity (Wildman–Crippen MR) is 100 cm³/mol. The van der Waals surface area contributed by atoms with Crippen LogP contribution in [0.4, 0.5) is 34.9 Å². The van der Waals surface area contributed by atoms with Gasteiger partial charge in [-0.3, -0.25) is 4.57 Å². The maximum absolute atomic E-state index is 13.8. The van der Waals surface area contributed by atoms with E-state index in [9.17, 15) is 17.6 Å². The number of imidazole rings is 1. The van der Waals surface area contributed by atoms with Crippen molar-refractivity contribution in [3.05, 3.63) is 65.7 Å². The largest absolute Gasteiger partial charge is 0.419 e. The van der Waals surface area contributed by atoms with Crippen LogP contribution in [0.3, 0.4) is 0 Å². The summed E-state index contributed by atoms with van der Waals surface area (Å²) in [5, 5.41) is 2.76. The van der Waals surface area contributed by atoms with Crippen LogP contribution >= 0.6 is 0 Å². The molecule has 0 spiro atoms. The fraction of sp³-hybridized carbons (Fsp3) is 0.105. The normalized spacial score (nSPS) is 11.8. The molecule has 6 nitrogen and oxygen atoms in total. The second-order valence-electron chi connectivity index (χ2n) is 6.28. The summed E-state index contributed by atoms with van der Waals surface area (Å²) < 4.78 is 53.7. The first-order chi connectivity index (χ1) is 13.7. The van der Waals surface area contributed by atoms with Crippen LogP contribution in [0.2, 0.25) is 0 Å². The van der Waals surface area contributed by atoms with Gasteiger partial charge in [0, 0.05) is 11.8 Å². The van der Waals surface area contributed by atoms with Gasteiger partial charge in [0.15, 0.2) is 0 Å². The third-order valence-corrected chi connectivity index (χ3v) is 4.21. The lowest BCUT2D eigenvalue weighted by atomic mass is 10.2. The molecule has 3 N–H and O–H groups in total. The van der Waals surface area contributed by atoms with Crippen LogP contribution in [0.1, 0.15) is 11.4 Å². The standard InChI is InChI=1S/C19H14F4N6/c1-10-25-14-4-2-3-5-15(14)29(10)18-27-16(24)9-17(28-18)26-11-6-7-12(13(20)8-11)19(21,22)23/h2-9H,1H3,(H3,24,26,27,28). The number of nitrogens with one attached hydrogen (secondary N) is 1. The Balaban J connectivity index is 1.73. The third-order valence-electron chi connectivity index (χ3n) is 4.21. The molecule has 0 saturated heterocycles. The van der Waals surface area contributed by atoms with Gasteiger partial charge in [-0.15, -0.1) is 0 Å². The molecule has 2 aromatic heterocycles. The number of fused-ring (bicyclic) bond motifs is 1. The third kappa shape index (κ3) is 3.56. The fourth-order valence-corrected chi connectivity index (χ4v) is 2.99. The van der Waals surface area contributed by atoms with Crippen LogP contribution in [0.25, 0.3) is 17.0 Å². The lowest BCUT2D eigenvalue weighted by Gasteiger charge is -2.12. The lowest BCUT2D eigenvalue weighted by molar-refractivity contribution is -0.139. The Morgan fingerprint density at radius 3 is 2.48 bits per heavy atom. The van der Waals surface area contributed by atoms with E-state index < -0.39 is 17.6 Å². The summed E-state index contributed by atoms with van der Waals surface area (Å²) in [5.74, 6) is -0.207. The molecule has 0 aliphatic heterocycles. The van der Waals surface area contributed by atoms with Crippen molar-refractivity contribution in [1.82, 2.24) is 19.5 Å². The number of nitrogen functional groups attached to an aromatic ring is 1. The number of hydrogen-bond donors (Lipinski definition) is 2. The van der Waals surface area contributed by atoms with E-state index in [-0.39, 0.29) is 23.3 Å².